The van der Waals surface area contributed by atoms with Crippen molar-refractivity contribution in [2.75, 3.05) is 19.1 Å². The summed E-state index contributed by atoms with van der Waals surface area (Å²) >= 11 is 0. The number of sulfone groups is 1. The molecular formula is C9H15N3O5S. The zero-order valence-corrected chi connectivity index (χ0v) is 11.1. The van der Waals surface area contributed by atoms with Crippen LogP contribution in [-0.4, -0.2) is 51.6 Å². The lowest BCUT2D eigenvalue weighted by Gasteiger charge is -2.17. The summed E-state index contributed by atoms with van der Waals surface area (Å²) in [6.45, 7) is 1.42. The number of methoxy groups -OCH3 is 1. The van der Waals surface area contributed by atoms with Crippen LogP contribution in [0.4, 0.5) is 4.79 Å². The van der Waals surface area contributed by atoms with Gasteiger partial charge in [-0.15, -0.1) is 0 Å². The highest BCUT2D eigenvalue weighted by Gasteiger charge is 2.26. The van der Waals surface area contributed by atoms with Crippen LogP contribution in [0.3, 0.4) is 0 Å². The first-order chi connectivity index (χ1) is 8.19. The van der Waals surface area contributed by atoms with Gasteiger partial charge in [0.05, 0.1) is 18.9 Å². The van der Waals surface area contributed by atoms with Crippen molar-refractivity contribution >= 4 is 21.8 Å². The Kier molecular flexibility index (Phi) is 6.12. The number of nitrogens with one attached hydrogen (secondary N) is 2. The first-order valence-electron chi connectivity index (χ1n) is 4.91. The summed E-state index contributed by atoms with van der Waals surface area (Å²) in [5.41, 5.74) is 0. The van der Waals surface area contributed by atoms with E-state index in [4.69, 9.17) is 5.26 Å². The summed E-state index contributed by atoms with van der Waals surface area (Å²) in [6.07, 6.45) is 0.00312. The van der Waals surface area contributed by atoms with Gasteiger partial charge >= 0.3 is 6.09 Å². The molecule has 0 saturated carbocycles. The predicted molar refractivity (Wildman–Crippen MR) is 62.3 cm³/mol. The van der Waals surface area contributed by atoms with Gasteiger partial charge in [-0.05, 0) is 6.92 Å². The zero-order valence-electron chi connectivity index (χ0n) is 10.3. The van der Waals surface area contributed by atoms with Gasteiger partial charge < -0.3 is 15.4 Å². The molecule has 2 amide bonds. The minimum atomic E-state index is -3.48. The molecule has 0 rings (SSSR count). The topological polar surface area (TPSA) is 125 Å². The van der Waals surface area contributed by atoms with Crippen LogP contribution in [0.5, 0.6) is 0 Å². The molecule has 0 aromatic heterocycles. The van der Waals surface area contributed by atoms with Gasteiger partial charge in [-0.2, -0.15) is 5.26 Å². The molecule has 9 heteroatoms. The molecule has 0 fully saturated rings. The minimum Gasteiger partial charge on any atom is -0.453 e. The lowest BCUT2D eigenvalue weighted by atomic mass is 10.3. The zero-order chi connectivity index (χ0) is 14.3. The lowest BCUT2D eigenvalue weighted by Crippen LogP contribution is -2.51. The molecule has 8 nitrogen and oxygen atoms in total. The number of alkyl carbamates (subject to hydrolysis) is 1. The van der Waals surface area contributed by atoms with E-state index >= 15 is 0 Å². The molecule has 0 saturated heterocycles. The monoisotopic (exact) mass is 277 g/mol. The van der Waals surface area contributed by atoms with E-state index in [0.717, 1.165) is 13.4 Å². The highest BCUT2D eigenvalue weighted by atomic mass is 32.2. The van der Waals surface area contributed by atoms with Gasteiger partial charge in [0.2, 0.25) is 5.91 Å². The molecule has 2 atom stereocenters. The molecule has 0 aromatic carbocycles. The van der Waals surface area contributed by atoms with Crippen molar-refractivity contribution in [2.45, 2.75) is 19.0 Å². The number of carbonyl (C=O) groups excluding carboxylic acids is 2. The van der Waals surface area contributed by atoms with Gasteiger partial charge in [0.15, 0.2) is 0 Å². The molecule has 0 radical (unpaired) electrons. The number of ether oxygens (including phenoxy) is 1. The first-order valence-corrected chi connectivity index (χ1v) is 6.98. The SMILES string of the molecule is COC(=O)NC(CS(C)(=O)=O)C(=O)NC(C)C#N. The van der Waals surface area contributed by atoms with Crippen LogP contribution >= 0.6 is 0 Å². The van der Waals surface area contributed by atoms with Gasteiger partial charge in [-0.25, -0.2) is 13.2 Å². The van der Waals surface area contributed by atoms with Crippen LogP contribution in [0.1, 0.15) is 6.92 Å². The van der Waals surface area contributed by atoms with Crippen molar-refractivity contribution in [3.63, 3.8) is 0 Å². The first kappa shape index (κ1) is 16.2. The van der Waals surface area contributed by atoms with Crippen molar-refractivity contribution in [2.24, 2.45) is 0 Å². The van der Waals surface area contributed by atoms with Crippen LogP contribution in [0, 0.1) is 11.3 Å². The van der Waals surface area contributed by atoms with Crippen LogP contribution in [-0.2, 0) is 19.4 Å². The van der Waals surface area contributed by atoms with Gasteiger partial charge in [-0.3, -0.25) is 4.79 Å². The summed E-state index contributed by atoms with van der Waals surface area (Å²) in [5, 5.41) is 12.9. The van der Waals surface area contributed by atoms with E-state index in [0.29, 0.717) is 0 Å². The maximum atomic E-state index is 11.6. The molecule has 0 aromatic rings. The second-order valence-corrected chi connectivity index (χ2v) is 5.83. The third-order valence-electron chi connectivity index (χ3n) is 1.82. The Morgan fingerprint density at radius 3 is 2.33 bits per heavy atom. The van der Waals surface area contributed by atoms with E-state index < -0.39 is 39.7 Å². The summed E-state index contributed by atoms with van der Waals surface area (Å²) < 4.78 is 26.6. The maximum Gasteiger partial charge on any atom is 0.407 e. The number of carbonyl (C=O) groups is 2. The predicted octanol–water partition coefficient (Wildman–Crippen LogP) is -1.22. The Labute approximate surface area is 105 Å². The Morgan fingerprint density at radius 1 is 1.39 bits per heavy atom. The highest BCUT2D eigenvalue weighted by Crippen LogP contribution is 1.94. The van der Waals surface area contributed by atoms with Crippen LogP contribution in [0.15, 0.2) is 0 Å². The average Bonchev–Trinajstić information content (AvgIpc) is 2.25. The Morgan fingerprint density at radius 2 is 1.94 bits per heavy atom. The van der Waals surface area contributed by atoms with E-state index in [1.807, 2.05) is 0 Å². The molecule has 18 heavy (non-hydrogen) atoms. The van der Waals surface area contributed by atoms with Crippen LogP contribution in [0.2, 0.25) is 0 Å². The normalized spacial score (nSPS) is 13.9. The quantitative estimate of drug-likeness (QED) is 0.649. The number of hydrogen-bond acceptors (Lipinski definition) is 6. The second kappa shape index (κ2) is 6.80. The summed E-state index contributed by atoms with van der Waals surface area (Å²) in [4.78, 5) is 22.6. The molecular weight excluding hydrogens is 262 g/mol. The molecule has 0 aliphatic carbocycles. The summed E-state index contributed by atoms with van der Waals surface area (Å²) in [5.74, 6) is -1.34. The fourth-order valence-electron chi connectivity index (χ4n) is 1.03. The van der Waals surface area contributed by atoms with Gasteiger partial charge in [0.25, 0.3) is 0 Å². The number of amides is 2. The van der Waals surface area contributed by atoms with Crippen molar-refractivity contribution in [3.8, 4) is 6.07 Å². The molecule has 0 aliphatic rings. The fourth-order valence-corrected chi connectivity index (χ4v) is 1.87. The molecule has 0 bridgehead atoms. The largest absolute Gasteiger partial charge is 0.453 e. The van der Waals surface area contributed by atoms with E-state index in [2.05, 4.69) is 15.4 Å². The van der Waals surface area contributed by atoms with E-state index in [-0.39, 0.29) is 0 Å². The molecule has 102 valence electrons. The Hall–Kier alpha value is -1.82. The van der Waals surface area contributed by atoms with E-state index in [1.54, 1.807) is 6.07 Å². The highest BCUT2D eigenvalue weighted by molar-refractivity contribution is 7.90. The number of nitrogens with zero attached hydrogens (tertiary/aromatic N) is 1. The third-order valence-corrected chi connectivity index (χ3v) is 2.75. The van der Waals surface area contributed by atoms with Crippen molar-refractivity contribution in [1.29, 1.82) is 5.26 Å². The minimum absolute atomic E-state index is 0.577. The van der Waals surface area contributed by atoms with E-state index in [1.165, 1.54) is 6.92 Å². The fraction of sp³-hybridized carbons (Fsp3) is 0.667. The summed E-state index contributed by atoms with van der Waals surface area (Å²) in [6, 6.07) is -0.340. The van der Waals surface area contributed by atoms with Crippen LogP contribution in [0.25, 0.3) is 0 Å². The molecule has 2 unspecified atom stereocenters. The third kappa shape index (κ3) is 6.70. The molecule has 0 spiro atoms. The number of hydrogen-bond donors (Lipinski definition) is 2. The average molecular weight is 277 g/mol. The number of nitriles is 1. The van der Waals surface area contributed by atoms with Crippen molar-refractivity contribution in [1.82, 2.24) is 10.6 Å². The smallest absolute Gasteiger partial charge is 0.407 e. The van der Waals surface area contributed by atoms with Crippen molar-refractivity contribution in [3.05, 3.63) is 0 Å². The Balaban J connectivity index is 4.81. The Bertz CT molecular complexity index is 453. The van der Waals surface area contributed by atoms with Crippen LogP contribution < -0.4 is 10.6 Å². The standard InChI is InChI=1S/C9H15N3O5S/c1-6(4-10)11-8(13)7(5-18(3,15)16)12-9(14)17-2/h6-7H,5H2,1-3H3,(H,11,13)(H,12,14). The molecule has 2 N–H and O–H groups in total. The lowest BCUT2D eigenvalue weighted by molar-refractivity contribution is -0.122. The van der Waals surface area contributed by atoms with E-state index in [9.17, 15) is 18.0 Å². The van der Waals surface area contributed by atoms with Gasteiger partial charge in [0.1, 0.15) is 21.9 Å². The van der Waals surface area contributed by atoms with Crippen molar-refractivity contribution < 1.29 is 22.7 Å². The molecule has 0 heterocycles. The van der Waals surface area contributed by atoms with Gasteiger partial charge in [0, 0.05) is 6.26 Å². The second-order valence-electron chi connectivity index (χ2n) is 3.64. The maximum absolute atomic E-state index is 11.6. The molecule has 0 aliphatic heterocycles. The summed E-state index contributed by atoms with van der Waals surface area (Å²) in [7, 11) is -2.39. The number of rotatable bonds is 5. The van der Waals surface area contributed by atoms with Gasteiger partial charge in [-0.1, -0.05) is 0 Å².